The van der Waals surface area contributed by atoms with Gasteiger partial charge in [-0.2, -0.15) is 5.10 Å². The van der Waals surface area contributed by atoms with Crippen LogP contribution in [0.15, 0.2) is 71.8 Å². The lowest BCUT2D eigenvalue weighted by molar-refractivity contribution is 0.340. The summed E-state index contributed by atoms with van der Waals surface area (Å²) in [6, 6.07) is 17.8. The molecule has 0 atom stereocenters. The van der Waals surface area contributed by atoms with E-state index in [1.165, 1.54) is 12.1 Å². The highest BCUT2D eigenvalue weighted by Crippen LogP contribution is 2.36. The van der Waals surface area contributed by atoms with Crippen molar-refractivity contribution in [2.45, 2.75) is 11.8 Å². The molecule has 29 heavy (non-hydrogen) atoms. The third-order valence-corrected chi connectivity index (χ3v) is 5.66. The van der Waals surface area contributed by atoms with Crippen LogP contribution in [0.5, 0.6) is 5.75 Å². The van der Waals surface area contributed by atoms with Gasteiger partial charge in [0, 0.05) is 17.3 Å². The number of benzene rings is 2. The molecule has 6 nitrogen and oxygen atoms in total. The summed E-state index contributed by atoms with van der Waals surface area (Å²) in [6.07, 6.45) is 1.73. The molecule has 2 N–H and O–H groups in total. The first kappa shape index (κ1) is 19.4. The molecular formula is C21H18ClN3O3S. The minimum absolute atomic E-state index is 0.0587. The normalized spacial score (nSPS) is 11.7. The predicted octanol–water partition coefficient (Wildman–Crippen LogP) is 4.37. The summed E-state index contributed by atoms with van der Waals surface area (Å²) >= 11 is 6.14. The number of halogens is 1. The molecule has 0 radical (unpaired) electrons. The number of hydrogen-bond acceptors (Lipinski definition) is 4. The van der Waals surface area contributed by atoms with E-state index in [0.29, 0.717) is 11.6 Å². The number of aromatic nitrogens is 2. The number of sulfonamides is 1. The topological polar surface area (TPSA) is 86.7 Å². The minimum Gasteiger partial charge on any atom is -0.494 e. The first-order valence-electron chi connectivity index (χ1n) is 8.91. The molecule has 0 bridgehead atoms. The van der Waals surface area contributed by atoms with Crippen molar-refractivity contribution in [1.29, 1.82) is 0 Å². The summed E-state index contributed by atoms with van der Waals surface area (Å²) in [5.74, 6) is 0.780. The molecule has 0 fully saturated rings. The van der Waals surface area contributed by atoms with Crippen LogP contribution < -0.4 is 9.88 Å². The van der Waals surface area contributed by atoms with Gasteiger partial charge in [-0.3, -0.25) is 0 Å². The Bertz CT molecular complexity index is 1280. The Labute approximate surface area is 173 Å². The fraction of sp³-hybridized carbons (Fsp3) is 0.0952. The van der Waals surface area contributed by atoms with Gasteiger partial charge in [-0.25, -0.2) is 18.1 Å². The average molecular weight is 428 g/mol. The van der Waals surface area contributed by atoms with Crippen LogP contribution >= 0.6 is 11.6 Å². The van der Waals surface area contributed by atoms with Gasteiger partial charge in [0.2, 0.25) is 10.0 Å². The zero-order valence-corrected chi connectivity index (χ0v) is 17.1. The molecule has 8 heteroatoms. The van der Waals surface area contributed by atoms with E-state index in [1.807, 2.05) is 37.3 Å². The van der Waals surface area contributed by atoms with Gasteiger partial charge in [-0.1, -0.05) is 23.7 Å². The molecular weight excluding hydrogens is 410 g/mol. The third kappa shape index (κ3) is 3.85. The van der Waals surface area contributed by atoms with Crippen LogP contribution in [0.2, 0.25) is 5.02 Å². The maximum absolute atomic E-state index is 11.6. The predicted molar refractivity (Wildman–Crippen MR) is 114 cm³/mol. The van der Waals surface area contributed by atoms with Gasteiger partial charge < -0.3 is 4.74 Å². The fourth-order valence-corrected chi connectivity index (χ4v) is 3.87. The van der Waals surface area contributed by atoms with Crippen molar-refractivity contribution in [2.75, 3.05) is 6.61 Å². The van der Waals surface area contributed by atoms with Crippen LogP contribution in [0.25, 0.3) is 27.9 Å². The third-order valence-electron chi connectivity index (χ3n) is 4.50. The van der Waals surface area contributed by atoms with Gasteiger partial charge in [0.25, 0.3) is 0 Å². The maximum Gasteiger partial charge on any atom is 0.238 e. The molecule has 0 spiro atoms. The number of nitrogens with two attached hydrogens (primary N) is 1. The molecule has 2 heterocycles. The lowest BCUT2D eigenvalue weighted by Gasteiger charge is -2.07. The SMILES string of the molecule is CCOc1ccc(-c2nn3cc(Cl)ccc3c2-c2ccc(S(N)(=O)=O)cc2)cc1. The summed E-state index contributed by atoms with van der Waals surface area (Å²) in [5, 5.41) is 10.5. The summed E-state index contributed by atoms with van der Waals surface area (Å²) in [4.78, 5) is 0.0587. The number of ether oxygens (including phenoxy) is 1. The van der Waals surface area contributed by atoms with E-state index in [4.69, 9.17) is 26.6 Å². The van der Waals surface area contributed by atoms with Crippen molar-refractivity contribution in [3.05, 3.63) is 71.9 Å². The van der Waals surface area contributed by atoms with Crippen LogP contribution in [0, 0.1) is 0 Å². The molecule has 0 saturated carbocycles. The van der Waals surface area contributed by atoms with E-state index in [-0.39, 0.29) is 4.90 Å². The van der Waals surface area contributed by atoms with E-state index >= 15 is 0 Å². The molecule has 0 amide bonds. The van der Waals surface area contributed by atoms with Crippen LogP contribution in [0.1, 0.15) is 6.92 Å². The fourth-order valence-electron chi connectivity index (χ4n) is 3.20. The highest BCUT2D eigenvalue weighted by atomic mass is 35.5. The zero-order valence-electron chi connectivity index (χ0n) is 15.5. The summed E-state index contributed by atoms with van der Waals surface area (Å²) in [7, 11) is -3.76. The molecule has 0 aliphatic rings. The number of pyridine rings is 1. The molecule has 148 valence electrons. The Kier molecular flexibility index (Phi) is 5.04. The van der Waals surface area contributed by atoms with Crippen LogP contribution in [-0.4, -0.2) is 24.6 Å². The van der Waals surface area contributed by atoms with Gasteiger partial charge in [0.1, 0.15) is 11.4 Å². The van der Waals surface area contributed by atoms with E-state index in [0.717, 1.165) is 33.7 Å². The first-order valence-corrected chi connectivity index (χ1v) is 10.8. The molecule has 4 rings (SSSR count). The molecule has 0 aliphatic heterocycles. The standard InChI is InChI=1S/C21H18ClN3O3S/c1-2-28-17-8-3-15(4-9-17)21-20(19-12-7-16(22)13-25(19)24-21)14-5-10-18(11-6-14)29(23,26)27/h3-13H,2H2,1H3,(H2,23,26,27). The average Bonchev–Trinajstić information content (AvgIpc) is 3.06. The summed E-state index contributed by atoms with van der Waals surface area (Å²) < 4.78 is 30.4. The van der Waals surface area contributed by atoms with Crippen LogP contribution in [0.3, 0.4) is 0 Å². The molecule has 0 saturated heterocycles. The zero-order chi connectivity index (χ0) is 20.6. The van der Waals surface area contributed by atoms with E-state index in [9.17, 15) is 8.42 Å². The van der Waals surface area contributed by atoms with E-state index in [1.54, 1.807) is 28.9 Å². The lowest BCUT2D eigenvalue weighted by Crippen LogP contribution is -2.11. The molecule has 0 unspecified atom stereocenters. The number of fused-ring (bicyclic) bond motifs is 1. The highest BCUT2D eigenvalue weighted by molar-refractivity contribution is 7.89. The summed E-state index contributed by atoms with van der Waals surface area (Å²) in [6.45, 7) is 2.52. The largest absolute Gasteiger partial charge is 0.494 e. The Morgan fingerprint density at radius 2 is 1.66 bits per heavy atom. The highest BCUT2D eigenvalue weighted by Gasteiger charge is 2.18. The second-order valence-electron chi connectivity index (χ2n) is 6.43. The number of hydrogen-bond donors (Lipinski definition) is 1. The maximum atomic E-state index is 11.6. The van der Waals surface area contributed by atoms with Gasteiger partial charge in [-0.05, 0) is 61.0 Å². The van der Waals surface area contributed by atoms with E-state index in [2.05, 4.69) is 0 Å². The monoisotopic (exact) mass is 427 g/mol. The smallest absolute Gasteiger partial charge is 0.238 e. The Balaban J connectivity index is 1.90. The van der Waals surface area contributed by atoms with Crippen LogP contribution in [0.4, 0.5) is 0 Å². The number of nitrogens with zero attached hydrogens (tertiary/aromatic N) is 2. The van der Waals surface area contributed by atoms with Crippen molar-refractivity contribution in [3.8, 4) is 28.1 Å². The Morgan fingerprint density at radius 1 is 1.00 bits per heavy atom. The molecule has 4 aromatic rings. The van der Waals surface area contributed by atoms with Crippen molar-refractivity contribution in [1.82, 2.24) is 9.61 Å². The lowest BCUT2D eigenvalue weighted by atomic mass is 10.00. The van der Waals surface area contributed by atoms with Crippen molar-refractivity contribution < 1.29 is 13.2 Å². The van der Waals surface area contributed by atoms with Gasteiger partial charge in [0.05, 0.1) is 22.0 Å². The number of primary sulfonamides is 1. The quantitative estimate of drug-likeness (QED) is 0.512. The summed E-state index contributed by atoms with van der Waals surface area (Å²) in [5.41, 5.74) is 4.18. The second kappa shape index (κ2) is 7.51. The van der Waals surface area contributed by atoms with Gasteiger partial charge in [-0.15, -0.1) is 0 Å². The van der Waals surface area contributed by atoms with Crippen molar-refractivity contribution in [3.63, 3.8) is 0 Å². The molecule has 2 aromatic carbocycles. The van der Waals surface area contributed by atoms with E-state index < -0.39 is 10.0 Å². The van der Waals surface area contributed by atoms with Crippen molar-refractivity contribution >= 4 is 27.1 Å². The Morgan fingerprint density at radius 3 is 2.28 bits per heavy atom. The second-order valence-corrected chi connectivity index (χ2v) is 8.43. The van der Waals surface area contributed by atoms with Crippen LogP contribution in [-0.2, 0) is 10.0 Å². The molecule has 2 aromatic heterocycles. The van der Waals surface area contributed by atoms with Gasteiger partial charge in [0.15, 0.2) is 0 Å². The Hall–Kier alpha value is -2.87. The molecule has 0 aliphatic carbocycles. The number of rotatable bonds is 5. The first-order chi connectivity index (χ1) is 13.9. The van der Waals surface area contributed by atoms with Gasteiger partial charge >= 0.3 is 0 Å². The minimum atomic E-state index is -3.76. The van der Waals surface area contributed by atoms with Crippen molar-refractivity contribution in [2.24, 2.45) is 5.14 Å².